The maximum Gasteiger partial charge on any atom is 0.0123 e. The molecule has 0 aromatic rings. The van der Waals surface area contributed by atoms with Gasteiger partial charge in [0.25, 0.3) is 0 Å². The second kappa shape index (κ2) is 4.73. The van der Waals surface area contributed by atoms with E-state index in [0.717, 1.165) is 25.8 Å². The van der Waals surface area contributed by atoms with Crippen LogP contribution < -0.4 is 11.5 Å². The molecule has 0 radical (unpaired) electrons. The van der Waals surface area contributed by atoms with Crippen LogP contribution in [-0.2, 0) is 0 Å². The molecule has 2 heteroatoms. The molecule has 0 bridgehead atoms. The molecular weight excluding hydrogens is 136 g/mol. The summed E-state index contributed by atoms with van der Waals surface area (Å²) in [6.45, 7) is 7.19. The lowest BCUT2D eigenvalue weighted by Crippen LogP contribution is -2.35. The average molecular weight is 158 g/mol. The Balaban J connectivity index is 3.52. The first-order valence-corrected chi connectivity index (χ1v) is 4.50. The molecule has 0 heterocycles. The van der Waals surface area contributed by atoms with Crippen LogP contribution in [0.25, 0.3) is 0 Å². The SMILES string of the molecule is CCC(C)(N)CCC(C)CN. The summed E-state index contributed by atoms with van der Waals surface area (Å²) < 4.78 is 0. The molecule has 68 valence electrons. The van der Waals surface area contributed by atoms with Crippen LogP contribution in [0.4, 0.5) is 0 Å². The van der Waals surface area contributed by atoms with Crippen molar-refractivity contribution >= 4 is 0 Å². The van der Waals surface area contributed by atoms with Gasteiger partial charge >= 0.3 is 0 Å². The lowest BCUT2D eigenvalue weighted by Gasteiger charge is -2.23. The molecule has 2 unspecified atom stereocenters. The normalized spacial score (nSPS) is 19.4. The van der Waals surface area contributed by atoms with Crippen molar-refractivity contribution in [3.8, 4) is 0 Å². The summed E-state index contributed by atoms with van der Waals surface area (Å²) >= 11 is 0. The Labute approximate surface area is 70.3 Å². The van der Waals surface area contributed by atoms with E-state index >= 15 is 0 Å². The fourth-order valence-corrected chi connectivity index (χ4v) is 0.871. The first kappa shape index (κ1) is 10.9. The number of hydrogen-bond acceptors (Lipinski definition) is 2. The van der Waals surface area contributed by atoms with Gasteiger partial charge in [-0.05, 0) is 38.6 Å². The first-order chi connectivity index (χ1) is 5.02. The van der Waals surface area contributed by atoms with Crippen LogP contribution in [-0.4, -0.2) is 12.1 Å². The molecule has 0 aliphatic heterocycles. The smallest absolute Gasteiger partial charge is 0.0123 e. The molecule has 0 aliphatic rings. The second-order valence-electron chi connectivity index (χ2n) is 3.89. The van der Waals surface area contributed by atoms with Gasteiger partial charge in [-0.2, -0.15) is 0 Å². The van der Waals surface area contributed by atoms with E-state index in [1.807, 2.05) is 0 Å². The molecule has 0 aromatic heterocycles. The van der Waals surface area contributed by atoms with E-state index in [2.05, 4.69) is 20.8 Å². The number of hydrogen-bond donors (Lipinski definition) is 2. The Hall–Kier alpha value is -0.0800. The minimum atomic E-state index is 0.0173. The van der Waals surface area contributed by atoms with Crippen molar-refractivity contribution in [2.24, 2.45) is 17.4 Å². The minimum absolute atomic E-state index is 0.0173. The van der Waals surface area contributed by atoms with Gasteiger partial charge in [-0.25, -0.2) is 0 Å². The van der Waals surface area contributed by atoms with E-state index in [4.69, 9.17) is 11.5 Å². The standard InChI is InChI=1S/C9H22N2/c1-4-9(3,11)6-5-8(2)7-10/h8H,4-7,10-11H2,1-3H3. The predicted octanol–water partition coefficient (Wildman–Crippen LogP) is 1.49. The van der Waals surface area contributed by atoms with Gasteiger partial charge in [-0.1, -0.05) is 13.8 Å². The average Bonchev–Trinajstić information content (AvgIpc) is 2.00. The molecule has 0 aliphatic carbocycles. The fraction of sp³-hybridized carbons (Fsp3) is 1.00. The lowest BCUT2D eigenvalue weighted by molar-refractivity contribution is 0.368. The summed E-state index contributed by atoms with van der Waals surface area (Å²) in [7, 11) is 0. The predicted molar refractivity (Wildman–Crippen MR) is 50.3 cm³/mol. The van der Waals surface area contributed by atoms with E-state index in [-0.39, 0.29) is 5.54 Å². The highest BCUT2D eigenvalue weighted by Gasteiger charge is 2.15. The van der Waals surface area contributed by atoms with Gasteiger partial charge in [-0.3, -0.25) is 0 Å². The molecule has 11 heavy (non-hydrogen) atoms. The van der Waals surface area contributed by atoms with E-state index in [1.54, 1.807) is 0 Å². The highest BCUT2D eigenvalue weighted by molar-refractivity contribution is 4.77. The largest absolute Gasteiger partial charge is 0.330 e. The summed E-state index contributed by atoms with van der Waals surface area (Å²) in [6.07, 6.45) is 3.28. The number of rotatable bonds is 5. The Morgan fingerprint density at radius 3 is 2.36 bits per heavy atom. The monoisotopic (exact) mass is 158 g/mol. The van der Waals surface area contributed by atoms with Crippen molar-refractivity contribution in [2.75, 3.05) is 6.54 Å². The summed E-state index contributed by atoms with van der Waals surface area (Å²) in [5.41, 5.74) is 11.5. The van der Waals surface area contributed by atoms with Gasteiger partial charge in [0, 0.05) is 5.54 Å². The van der Waals surface area contributed by atoms with Crippen molar-refractivity contribution in [1.82, 2.24) is 0 Å². The first-order valence-electron chi connectivity index (χ1n) is 4.50. The summed E-state index contributed by atoms with van der Waals surface area (Å²) in [4.78, 5) is 0. The molecule has 0 spiro atoms. The van der Waals surface area contributed by atoms with Gasteiger partial charge in [0.1, 0.15) is 0 Å². The Morgan fingerprint density at radius 2 is 2.00 bits per heavy atom. The zero-order valence-electron chi connectivity index (χ0n) is 8.06. The molecule has 0 fully saturated rings. The lowest BCUT2D eigenvalue weighted by atomic mass is 9.90. The quantitative estimate of drug-likeness (QED) is 0.637. The van der Waals surface area contributed by atoms with Gasteiger partial charge in [0.05, 0.1) is 0 Å². The molecule has 2 nitrogen and oxygen atoms in total. The van der Waals surface area contributed by atoms with Gasteiger partial charge in [-0.15, -0.1) is 0 Å². The third kappa shape index (κ3) is 5.22. The highest BCUT2D eigenvalue weighted by Crippen LogP contribution is 2.16. The van der Waals surface area contributed by atoms with Gasteiger partial charge in [0.2, 0.25) is 0 Å². The number of nitrogens with two attached hydrogens (primary N) is 2. The molecule has 0 amide bonds. The van der Waals surface area contributed by atoms with Crippen LogP contribution in [0.5, 0.6) is 0 Å². The zero-order valence-corrected chi connectivity index (χ0v) is 8.06. The second-order valence-corrected chi connectivity index (χ2v) is 3.89. The molecule has 0 rings (SSSR count). The molecule has 0 aromatic carbocycles. The van der Waals surface area contributed by atoms with Crippen LogP contribution in [0.3, 0.4) is 0 Å². The zero-order chi connectivity index (χ0) is 8.91. The highest BCUT2D eigenvalue weighted by atomic mass is 14.7. The van der Waals surface area contributed by atoms with E-state index in [0.29, 0.717) is 5.92 Å². The molecule has 4 N–H and O–H groups in total. The fourth-order valence-electron chi connectivity index (χ4n) is 0.871. The van der Waals surface area contributed by atoms with E-state index < -0.39 is 0 Å². The maximum absolute atomic E-state index is 5.98. The maximum atomic E-state index is 5.98. The third-order valence-corrected chi connectivity index (χ3v) is 2.42. The molecule has 0 saturated carbocycles. The third-order valence-electron chi connectivity index (χ3n) is 2.42. The molecular formula is C9H22N2. The summed E-state index contributed by atoms with van der Waals surface area (Å²) in [5, 5.41) is 0. The van der Waals surface area contributed by atoms with Crippen molar-refractivity contribution < 1.29 is 0 Å². The van der Waals surface area contributed by atoms with Gasteiger partial charge in [0.15, 0.2) is 0 Å². The molecule has 2 atom stereocenters. The summed E-state index contributed by atoms with van der Waals surface area (Å²) in [5.74, 6) is 0.615. The molecule has 0 saturated heterocycles. The summed E-state index contributed by atoms with van der Waals surface area (Å²) in [6, 6.07) is 0. The van der Waals surface area contributed by atoms with Crippen LogP contribution in [0.15, 0.2) is 0 Å². The minimum Gasteiger partial charge on any atom is -0.330 e. The van der Waals surface area contributed by atoms with Crippen molar-refractivity contribution in [1.29, 1.82) is 0 Å². The van der Waals surface area contributed by atoms with Crippen molar-refractivity contribution in [3.05, 3.63) is 0 Å². The van der Waals surface area contributed by atoms with Gasteiger partial charge < -0.3 is 11.5 Å². The Bertz CT molecular complexity index is 99.7. The van der Waals surface area contributed by atoms with Crippen molar-refractivity contribution in [3.63, 3.8) is 0 Å². The van der Waals surface area contributed by atoms with E-state index in [9.17, 15) is 0 Å². The van der Waals surface area contributed by atoms with Crippen molar-refractivity contribution in [2.45, 2.75) is 45.6 Å². The Morgan fingerprint density at radius 1 is 1.45 bits per heavy atom. The van der Waals surface area contributed by atoms with E-state index in [1.165, 1.54) is 0 Å². The Kier molecular flexibility index (Phi) is 4.69. The topological polar surface area (TPSA) is 52.0 Å². The van der Waals surface area contributed by atoms with Crippen LogP contribution in [0.2, 0.25) is 0 Å². The van der Waals surface area contributed by atoms with Crippen LogP contribution >= 0.6 is 0 Å². The van der Waals surface area contributed by atoms with Crippen LogP contribution in [0.1, 0.15) is 40.0 Å². The van der Waals surface area contributed by atoms with Crippen LogP contribution in [0, 0.1) is 5.92 Å².